The fourth-order valence-corrected chi connectivity index (χ4v) is 4.20. The molecule has 0 nitrogen and oxygen atoms in total. The highest BCUT2D eigenvalue weighted by Gasteiger charge is 2.21. The Kier molecular flexibility index (Phi) is 6.66. The van der Waals surface area contributed by atoms with Crippen LogP contribution in [-0.2, 0) is 6.42 Å². The maximum atomic E-state index is 14.6. The highest BCUT2D eigenvalue weighted by molar-refractivity contribution is 5.65. The second kappa shape index (κ2) is 9.16. The van der Waals surface area contributed by atoms with Crippen LogP contribution in [0.4, 0.5) is 4.39 Å². The van der Waals surface area contributed by atoms with Gasteiger partial charge in [-0.3, -0.25) is 0 Å². The van der Waals surface area contributed by atoms with Gasteiger partial charge in [0.1, 0.15) is 5.82 Å². The maximum Gasteiger partial charge on any atom is 0.131 e. The van der Waals surface area contributed by atoms with Gasteiger partial charge in [-0.15, -0.1) is 0 Å². The van der Waals surface area contributed by atoms with Crippen molar-refractivity contribution in [1.29, 1.82) is 0 Å². The maximum absolute atomic E-state index is 14.6. The highest BCUT2D eigenvalue weighted by atomic mass is 19.1. The Morgan fingerprint density at radius 3 is 2.35 bits per heavy atom. The van der Waals surface area contributed by atoms with Crippen LogP contribution in [0.3, 0.4) is 0 Å². The lowest BCUT2D eigenvalue weighted by molar-refractivity contribution is 0.319. The van der Waals surface area contributed by atoms with Crippen LogP contribution in [-0.4, -0.2) is 0 Å². The molecule has 0 unspecified atom stereocenters. The van der Waals surface area contributed by atoms with Crippen molar-refractivity contribution in [1.82, 2.24) is 0 Å². The summed E-state index contributed by atoms with van der Waals surface area (Å²) in [6.45, 7) is 4.32. The number of halogens is 1. The van der Waals surface area contributed by atoms with E-state index in [4.69, 9.17) is 0 Å². The quantitative estimate of drug-likeness (QED) is 0.468. The molecule has 0 bridgehead atoms. The summed E-state index contributed by atoms with van der Waals surface area (Å²) in [4.78, 5) is 0. The zero-order valence-electron chi connectivity index (χ0n) is 16.2. The van der Waals surface area contributed by atoms with Crippen molar-refractivity contribution in [2.45, 2.75) is 64.7 Å². The van der Waals surface area contributed by atoms with Gasteiger partial charge in [-0.05, 0) is 80.0 Å². The van der Waals surface area contributed by atoms with Gasteiger partial charge < -0.3 is 0 Å². The van der Waals surface area contributed by atoms with Gasteiger partial charge in [0.2, 0.25) is 0 Å². The predicted octanol–water partition coefficient (Wildman–Crippen LogP) is 7.69. The molecule has 3 rings (SSSR count). The molecule has 0 spiro atoms. The minimum atomic E-state index is -0.112. The topological polar surface area (TPSA) is 0 Å². The summed E-state index contributed by atoms with van der Waals surface area (Å²) >= 11 is 0. The average molecular weight is 351 g/mol. The summed E-state index contributed by atoms with van der Waals surface area (Å²) in [6, 6.07) is 14.3. The lowest BCUT2D eigenvalue weighted by Gasteiger charge is -2.28. The van der Waals surface area contributed by atoms with Crippen molar-refractivity contribution in [2.24, 2.45) is 5.92 Å². The molecule has 0 N–H and O–H groups in total. The minimum Gasteiger partial charge on any atom is -0.206 e. The minimum absolute atomic E-state index is 0.112. The lowest BCUT2D eigenvalue weighted by atomic mass is 9.77. The highest BCUT2D eigenvalue weighted by Crippen LogP contribution is 2.37. The Balaban J connectivity index is 1.68. The standard InChI is InChI=1S/C25H31F/c1-3-5-6-7-20-10-17-24(25(26)18-20)23-15-13-22(14-16-23)21-11-8-19(4-2)9-12-21/h3,5,10,13-19,21H,4,6-9,11-12H2,1-2H3/b5-3+. The summed E-state index contributed by atoms with van der Waals surface area (Å²) in [7, 11) is 0. The SMILES string of the molecule is C/C=C/CCc1ccc(-c2ccc(C3CCC(CC)CC3)cc2)c(F)c1. The number of aryl methyl sites for hydroxylation is 1. The molecular weight excluding hydrogens is 319 g/mol. The summed E-state index contributed by atoms with van der Waals surface area (Å²) < 4.78 is 14.6. The first kappa shape index (κ1) is 18.9. The molecule has 2 aromatic carbocycles. The van der Waals surface area contributed by atoms with Gasteiger partial charge in [0, 0.05) is 5.56 Å². The average Bonchev–Trinajstić information content (AvgIpc) is 2.69. The second-order valence-corrected chi connectivity index (χ2v) is 7.67. The van der Waals surface area contributed by atoms with Gasteiger partial charge in [-0.2, -0.15) is 0 Å². The first-order valence-electron chi connectivity index (χ1n) is 10.2. The molecule has 26 heavy (non-hydrogen) atoms. The molecule has 1 aliphatic carbocycles. The molecule has 138 valence electrons. The fraction of sp³-hybridized carbons (Fsp3) is 0.440. The van der Waals surface area contributed by atoms with Crippen LogP contribution < -0.4 is 0 Å². The van der Waals surface area contributed by atoms with E-state index >= 15 is 0 Å². The molecule has 0 aromatic heterocycles. The molecule has 1 fully saturated rings. The summed E-state index contributed by atoms with van der Waals surface area (Å²) in [6.07, 6.45) is 12.6. The summed E-state index contributed by atoms with van der Waals surface area (Å²) in [5.74, 6) is 1.50. The third-order valence-corrected chi connectivity index (χ3v) is 5.99. The molecular formula is C25H31F. The lowest BCUT2D eigenvalue weighted by Crippen LogP contribution is -2.12. The molecule has 0 saturated heterocycles. The van der Waals surface area contributed by atoms with Gasteiger partial charge in [-0.25, -0.2) is 4.39 Å². The first-order valence-corrected chi connectivity index (χ1v) is 10.2. The van der Waals surface area contributed by atoms with E-state index in [9.17, 15) is 4.39 Å². The Morgan fingerprint density at radius 2 is 1.73 bits per heavy atom. The fourth-order valence-electron chi connectivity index (χ4n) is 4.20. The van der Waals surface area contributed by atoms with Gasteiger partial charge >= 0.3 is 0 Å². The number of rotatable bonds is 6. The summed E-state index contributed by atoms with van der Waals surface area (Å²) in [5, 5.41) is 0. The van der Waals surface area contributed by atoms with E-state index in [0.717, 1.165) is 29.9 Å². The van der Waals surface area contributed by atoms with Crippen LogP contribution in [0.15, 0.2) is 54.6 Å². The van der Waals surface area contributed by atoms with Crippen LogP contribution in [0.2, 0.25) is 0 Å². The second-order valence-electron chi connectivity index (χ2n) is 7.67. The van der Waals surface area contributed by atoms with E-state index in [2.05, 4.69) is 43.3 Å². The molecule has 0 heterocycles. The van der Waals surface area contributed by atoms with Crippen LogP contribution in [0, 0.1) is 11.7 Å². The monoisotopic (exact) mass is 350 g/mol. The molecule has 0 atom stereocenters. The molecule has 0 radical (unpaired) electrons. The molecule has 1 heteroatoms. The Morgan fingerprint density at radius 1 is 1.00 bits per heavy atom. The molecule has 2 aromatic rings. The number of hydrogen-bond acceptors (Lipinski definition) is 0. The number of hydrogen-bond donors (Lipinski definition) is 0. The first-order chi connectivity index (χ1) is 12.7. The molecule has 1 aliphatic rings. The van der Waals surface area contributed by atoms with Crippen LogP contribution in [0.5, 0.6) is 0 Å². The normalized spacial score (nSPS) is 20.6. The van der Waals surface area contributed by atoms with E-state index in [1.807, 2.05) is 19.1 Å². The zero-order valence-corrected chi connectivity index (χ0v) is 16.2. The van der Waals surface area contributed by atoms with Crippen LogP contribution >= 0.6 is 0 Å². The number of benzene rings is 2. The van der Waals surface area contributed by atoms with Crippen molar-refractivity contribution >= 4 is 0 Å². The van der Waals surface area contributed by atoms with Gasteiger partial charge in [0.15, 0.2) is 0 Å². The summed E-state index contributed by atoms with van der Waals surface area (Å²) in [5.41, 5.74) is 4.18. The third kappa shape index (κ3) is 4.63. The third-order valence-electron chi connectivity index (χ3n) is 5.99. The largest absolute Gasteiger partial charge is 0.206 e. The number of allylic oxidation sites excluding steroid dienone is 2. The van der Waals surface area contributed by atoms with E-state index < -0.39 is 0 Å². The van der Waals surface area contributed by atoms with Crippen LogP contribution in [0.25, 0.3) is 11.1 Å². The molecule has 1 saturated carbocycles. The van der Waals surface area contributed by atoms with Gasteiger partial charge in [0.05, 0.1) is 0 Å². The van der Waals surface area contributed by atoms with Gasteiger partial charge in [-0.1, -0.05) is 61.9 Å². The smallest absolute Gasteiger partial charge is 0.131 e. The van der Waals surface area contributed by atoms with E-state index in [0.29, 0.717) is 11.5 Å². The van der Waals surface area contributed by atoms with Crippen molar-refractivity contribution in [3.63, 3.8) is 0 Å². The van der Waals surface area contributed by atoms with Crippen molar-refractivity contribution in [2.75, 3.05) is 0 Å². The molecule has 0 aliphatic heterocycles. The predicted molar refractivity (Wildman–Crippen MR) is 110 cm³/mol. The van der Waals surface area contributed by atoms with E-state index in [1.165, 1.54) is 37.7 Å². The van der Waals surface area contributed by atoms with E-state index in [1.54, 1.807) is 6.07 Å². The van der Waals surface area contributed by atoms with Crippen molar-refractivity contribution < 1.29 is 4.39 Å². The van der Waals surface area contributed by atoms with Gasteiger partial charge in [0.25, 0.3) is 0 Å². The Bertz CT molecular complexity index is 718. The molecule has 0 amide bonds. The Hall–Kier alpha value is -1.89. The van der Waals surface area contributed by atoms with E-state index in [-0.39, 0.29) is 5.82 Å². The van der Waals surface area contributed by atoms with Crippen LogP contribution in [0.1, 0.15) is 69.4 Å². The Labute approximate surface area is 158 Å². The zero-order chi connectivity index (χ0) is 18.4. The van der Waals surface area contributed by atoms with Crippen molar-refractivity contribution in [3.8, 4) is 11.1 Å². The van der Waals surface area contributed by atoms with Crippen molar-refractivity contribution in [3.05, 3.63) is 71.6 Å².